The molecule has 1 aliphatic rings. The van der Waals surface area contributed by atoms with Crippen LogP contribution in [0.4, 0.5) is 0 Å². The molecule has 1 unspecified atom stereocenters. The minimum atomic E-state index is -0.135. The number of rotatable bonds is 5. The van der Waals surface area contributed by atoms with Gasteiger partial charge >= 0.3 is 0 Å². The van der Waals surface area contributed by atoms with Crippen LogP contribution in [0.1, 0.15) is 48.8 Å². The first-order chi connectivity index (χ1) is 9.66. The van der Waals surface area contributed by atoms with Crippen LogP contribution >= 0.6 is 0 Å². The molecule has 1 saturated heterocycles. The fourth-order valence-corrected chi connectivity index (χ4v) is 2.57. The Bertz CT molecular complexity index is 432. The second-order valence-electron chi connectivity index (χ2n) is 5.53. The second kappa shape index (κ2) is 7.33. The number of carbonyl (C=O) groups is 1. The molecule has 20 heavy (non-hydrogen) atoms. The van der Waals surface area contributed by atoms with Gasteiger partial charge in [-0.1, -0.05) is 6.42 Å². The Labute approximate surface area is 120 Å². The molecule has 0 bridgehead atoms. The Morgan fingerprint density at radius 1 is 1.40 bits per heavy atom. The molecule has 0 saturated carbocycles. The Morgan fingerprint density at radius 2 is 2.25 bits per heavy atom. The van der Waals surface area contributed by atoms with Gasteiger partial charge in [0.1, 0.15) is 5.69 Å². The summed E-state index contributed by atoms with van der Waals surface area (Å²) in [6, 6.07) is 0.683. The highest BCUT2D eigenvalue weighted by atomic mass is 16.1. The molecule has 1 aromatic heterocycles. The molecule has 2 heterocycles. The number of hydrogen-bond donors (Lipinski definition) is 1. The highest BCUT2D eigenvalue weighted by Gasteiger charge is 2.17. The van der Waals surface area contributed by atoms with E-state index in [-0.39, 0.29) is 5.91 Å². The summed E-state index contributed by atoms with van der Waals surface area (Å²) in [6.07, 6.45) is 8.07. The van der Waals surface area contributed by atoms with E-state index in [1.54, 1.807) is 6.20 Å². The summed E-state index contributed by atoms with van der Waals surface area (Å²) in [5, 5.41) is 2.90. The summed E-state index contributed by atoms with van der Waals surface area (Å²) in [4.78, 5) is 22.5. The predicted molar refractivity (Wildman–Crippen MR) is 78.6 cm³/mol. The van der Waals surface area contributed by atoms with Gasteiger partial charge in [-0.25, -0.2) is 4.98 Å². The fraction of sp³-hybridized carbons (Fsp3) is 0.667. The average molecular weight is 276 g/mol. The smallest absolute Gasteiger partial charge is 0.271 e. The lowest BCUT2D eigenvalue weighted by atomic mass is 10.0. The molecule has 1 N–H and O–H groups in total. The molecule has 0 spiro atoms. The summed E-state index contributed by atoms with van der Waals surface area (Å²) in [6.45, 7) is 7.09. The molecule has 5 heteroatoms. The number of aryl methyl sites for hydroxylation is 1. The highest BCUT2D eigenvalue weighted by molar-refractivity contribution is 5.91. The van der Waals surface area contributed by atoms with Crippen LogP contribution in [-0.2, 0) is 0 Å². The number of nitrogens with one attached hydrogen (secondary N) is 1. The van der Waals surface area contributed by atoms with Gasteiger partial charge in [0.05, 0.1) is 11.9 Å². The third kappa shape index (κ3) is 4.27. The van der Waals surface area contributed by atoms with Crippen molar-refractivity contribution >= 4 is 5.91 Å². The monoisotopic (exact) mass is 276 g/mol. The van der Waals surface area contributed by atoms with Gasteiger partial charge in [-0.2, -0.15) is 0 Å². The van der Waals surface area contributed by atoms with Gasteiger partial charge in [0.2, 0.25) is 0 Å². The molecule has 2 rings (SSSR count). The molecule has 1 fully saturated rings. The molecular weight excluding hydrogens is 252 g/mol. The highest BCUT2D eigenvalue weighted by Crippen LogP contribution is 2.15. The number of aromatic nitrogens is 2. The maximum Gasteiger partial charge on any atom is 0.271 e. The molecular formula is C15H24N4O. The minimum absolute atomic E-state index is 0.135. The van der Waals surface area contributed by atoms with Gasteiger partial charge in [0.25, 0.3) is 5.91 Å². The van der Waals surface area contributed by atoms with Crippen molar-refractivity contribution in [3.63, 3.8) is 0 Å². The number of piperidine rings is 1. The average Bonchev–Trinajstić information content (AvgIpc) is 2.46. The molecule has 1 amide bonds. The van der Waals surface area contributed by atoms with Crippen molar-refractivity contribution in [2.24, 2.45) is 0 Å². The Hall–Kier alpha value is -1.49. The topological polar surface area (TPSA) is 58.1 Å². The zero-order valence-corrected chi connectivity index (χ0v) is 12.4. The third-order valence-electron chi connectivity index (χ3n) is 3.86. The van der Waals surface area contributed by atoms with Gasteiger partial charge < -0.3 is 10.2 Å². The molecule has 1 atom stereocenters. The van der Waals surface area contributed by atoms with Gasteiger partial charge in [-0.05, 0) is 39.7 Å². The first kappa shape index (κ1) is 14.9. The van der Waals surface area contributed by atoms with Gasteiger partial charge in [-0.3, -0.25) is 9.78 Å². The molecule has 1 aromatic rings. The van der Waals surface area contributed by atoms with Crippen LogP contribution in [0.25, 0.3) is 0 Å². The van der Waals surface area contributed by atoms with Crippen LogP contribution in [0.5, 0.6) is 0 Å². The largest absolute Gasteiger partial charge is 0.351 e. The molecule has 1 aliphatic heterocycles. The minimum Gasteiger partial charge on any atom is -0.351 e. The van der Waals surface area contributed by atoms with Gasteiger partial charge in [0, 0.05) is 25.3 Å². The maximum atomic E-state index is 11.8. The fourth-order valence-electron chi connectivity index (χ4n) is 2.57. The van der Waals surface area contributed by atoms with E-state index in [9.17, 15) is 4.79 Å². The SMILES string of the molecule is Cc1cnc(C(=O)NCCCN2CCCCC2C)cn1. The van der Waals surface area contributed by atoms with Crippen molar-refractivity contribution in [1.29, 1.82) is 0 Å². The van der Waals surface area contributed by atoms with Crippen molar-refractivity contribution in [2.75, 3.05) is 19.6 Å². The van der Waals surface area contributed by atoms with Crippen molar-refractivity contribution in [3.8, 4) is 0 Å². The number of hydrogen-bond acceptors (Lipinski definition) is 4. The van der Waals surface area contributed by atoms with E-state index in [1.165, 1.54) is 32.0 Å². The van der Waals surface area contributed by atoms with E-state index in [0.717, 1.165) is 18.7 Å². The lowest BCUT2D eigenvalue weighted by Crippen LogP contribution is -2.39. The van der Waals surface area contributed by atoms with E-state index in [0.29, 0.717) is 18.3 Å². The van der Waals surface area contributed by atoms with Crippen molar-refractivity contribution in [1.82, 2.24) is 20.2 Å². The molecule has 0 radical (unpaired) electrons. The zero-order chi connectivity index (χ0) is 14.4. The quantitative estimate of drug-likeness (QED) is 0.833. The van der Waals surface area contributed by atoms with Crippen LogP contribution in [-0.4, -0.2) is 46.5 Å². The summed E-state index contributed by atoms with van der Waals surface area (Å²) in [7, 11) is 0. The van der Waals surface area contributed by atoms with Crippen LogP contribution in [0, 0.1) is 6.92 Å². The first-order valence-corrected chi connectivity index (χ1v) is 7.47. The predicted octanol–water partition coefficient (Wildman–Crippen LogP) is 1.78. The first-order valence-electron chi connectivity index (χ1n) is 7.47. The molecule has 110 valence electrons. The lowest BCUT2D eigenvalue weighted by Gasteiger charge is -2.33. The van der Waals surface area contributed by atoms with Crippen molar-refractivity contribution < 1.29 is 4.79 Å². The van der Waals surface area contributed by atoms with Crippen molar-refractivity contribution in [3.05, 3.63) is 23.8 Å². The Morgan fingerprint density at radius 3 is 2.95 bits per heavy atom. The summed E-state index contributed by atoms with van der Waals surface area (Å²) in [5.74, 6) is -0.135. The van der Waals surface area contributed by atoms with E-state index >= 15 is 0 Å². The maximum absolute atomic E-state index is 11.8. The van der Waals surface area contributed by atoms with Crippen molar-refractivity contribution in [2.45, 2.75) is 45.6 Å². The van der Waals surface area contributed by atoms with Crippen LogP contribution in [0.15, 0.2) is 12.4 Å². The molecule has 0 aliphatic carbocycles. The van der Waals surface area contributed by atoms with E-state index in [2.05, 4.69) is 27.1 Å². The summed E-state index contributed by atoms with van der Waals surface area (Å²) < 4.78 is 0. The summed E-state index contributed by atoms with van der Waals surface area (Å²) in [5.41, 5.74) is 1.21. The van der Waals surface area contributed by atoms with Crippen LogP contribution in [0.2, 0.25) is 0 Å². The van der Waals surface area contributed by atoms with Crippen LogP contribution in [0.3, 0.4) is 0 Å². The molecule has 5 nitrogen and oxygen atoms in total. The second-order valence-corrected chi connectivity index (χ2v) is 5.53. The summed E-state index contributed by atoms with van der Waals surface area (Å²) >= 11 is 0. The Kier molecular flexibility index (Phi) is 5.47. The standard InChI is InChI=1S/C15H24N4O/c1-12-10-18-14(11-17-12)15(20)16-7-5-9-19-8-4-3-6-13(19)2/h10-11,13H,3-9H2,1-2H3,(H,16,20). The van der Waals surface area contributed by atoms with E-state index in [4.69, 9.17) is 0 Å². The molecule has 0 aromatic carbocycles. The normalized spacial score (nSPS) is 19.8. The lowest BCUT2D eigenvalue weighted by molar-refractivity contribution is 0.0943. The number of likely N-dealkylation sites (tertiary alicyclic amines) is 1. The number of nitrogens with zero attached hydrogens (tertiary/aromatic N) is 3. The number of carbonyl (C=O) groups excluding carboxylic acids is 1. The van der Waals surface area contributed by atoms with Crippen LogP contribution < -0.4 is 5.32 Å². The van der Waals surface area contributed by atoms with E-state index < -0.39 is 0 Å². The Balaban J connectivity index is 1.67. The third-order valence-corrected chi connectivity index (χ3v) is 3.86. The number of amides is 1. The zero-order valence-electron chi connectivity index (χ0n) is 12.4. The van der Waals surface area contributed by atoms with Gasteiger partial charge in [0.15, 0.2) is 0 Å². The van der Waals surface area contributed by atoms with Gasteiger partial charge in [-0.15, -0.1) is 0 Å². The van der Waals surface area contributed by atoms with E-state index in [1.807, 2.05) is 6.92 Å².